The Morgan fingerprint density at radius 1 is 0.258 bits per heavy atom. The van der Waals surface area contributed by atoms with Crippen molar-refractivity contribution < 1.29 is 13.3 Å². The molecule has 0 aliphatic carbocycles. The summed E-state index contributed by atoms with van der Waals surface area (Å²) >= 11 is 0. The molecule has 0 aliphatic heterocycles. The number of rotatable bonds is 6. The van der Waals surface area contributed by atoms with Crippen LogP contribution >= 0.6 is 0 Å². The monoisotopic (exact) mass is 843 g/mol. The number of furan rings is 3. The summed E-state index contributed by atoms with van der Waals surface area (Å²) in [5.41, 5.74) is 15.3. The zero-order valence-electron chi connectivity index (χ0n) is 35.5. The van der Waals surface area contributed by atoms with Crippen LogP contribution in [0.5, 0.6) is 0 Å². The summed E-state index contributed by atoms with van der Waals surface area (Å²) in [6.45, 7) is 0. The van der Waals surface area contributed by atoms with E-state index in [0.29, 0.717) is 0 Å². The number of nitrogens with zero attached hydrogens (tertiary/aromatic N) is 1. The van der Waals surface area contributed by atoms with E-state index in [1.807, 2.05) is 24.3 Å². The standard InChI is InChI=1S/C62H37NO3/c1-2-10-38(11-3-1)39-20-22-40(23-21-39)41-24-29-45(30-25-41)63(54-16-9-15-49-46(54)32-33-50-47-13-4-7-19-57(47)65-61(49)50)55-17-8-12-42-26-31-51-53-37-44(28-35-59(53)66-62(51)60(42)55)43-27-34-58-52(36-43)48-14-5-6-18-56(48)64-58/h1-37H. The highest BCUT2D eigenvalue weighted by atomic mass is 16.3. The SMILES string of the molecule is c1ccc(-c2ccc(-c3ccc(N(c4cccc5c4ccc4c6ccccc6oc54)c4cccc5ccc6c7cc(-c8ccc9oc%10ccccc%10c9c8)ccc7oc6c45)cc3)cc2)cc1. The van der Waals surface area contributed by atoms with Crippen LogP contribution in [0.4, 0.5) is 17.1 Å². The van der Waals surface area contributed by atoms with Crippen LogP contribution in [0.1, 0.15) is 0 Å². The fourth-order valence-corrected chi connectivity index (χ4v) is 10.3. The summed E-state index contributed by atoms with van der Waals surface area (Å²) in [4.78, 5) is 2.39. The van der Waals surface area contributed by atoms with E-state index in [9.17, 15) is 0 Å². The Labute approximate surface area is 378 Å². The summed E-state index contributed by atoms with van der Waals surface area (Å²) in [5, 5.41) is 10.9. The molecule has 14 rings (SSSR count). The molecular formula is C62H37NO3. The second-order valence-electron chi connectivity index (χ2n) is 17.2. The van der Waals surface area contributed by atoms with Crippen molar-refractivity contribution in [1.29, 1.82) is 0 Å². The Morgan fingerprint density at radius 3 is 1.47 bits per heavy atom. The second kappa shape index (κ2) is 14.3. The van der Waals surface area contributed by atoms with Crippen molar-refractivity contribution in [2.24, 2.45) is 0 Å². The molecule has 0 saturated heterocycles. The van der Waals surface area contributed by atoms with E-state index in [2.05, 4.69) is 205 Å². The van der Waals surface area contributed by atoms with E-state index < -0.39 is 0 Å². The van der Waals surface area contributed by atoms with Gasteiger partial charge in [0.2, 0.25) is 0 Å². The normalized spacial score (nSPS) is 11.9. The van der Waals surface area contributed by atoms with Gasteiger partial charge in [-0.15, -0.1) is 0 Å². The highest BCUT2D eigenvalue weighted by Gasteiger charge is 2.23. The molecule has 0 fully saturated rings. The van der Waals surface area contributed by atoms with Crippen LogP contribution in [0.25, 0.3) is 121 Å². The summed E-state index contributed by atoms with van der Waals surface area (Å²) < 4.78 is 19.8. The molecular weight excluding hydrogens is 807 g/mol. The van der Waals surface area contributed by atoms with Crippen LogP contribution in [0.2, 0.25) is 0 Å². The molecule has 11 aromatic carbocycles. The zero-order chi connectivity index (χ0) is 43.3. The van der Waals surface area contributed by atoms with Gasteiger partial charge in [0.15, 0.2) is 0 Å². The van der Waals surface area contributed by atoms with E-state index in [0.717, 1.165) is 127 Å². The van der Waals surface area contributed by atoms with E-state index in [1.54, 1.807) is 0 Å². The molecule has 3 aromatic heterocycles. The van der Waals surface area contributed by atoms with Crippen molar-refractivity contribution in [1.82, 2.24) is 0 Å². The lowest BCUT2D eigenvalue weighted by atomic mass is 9.98. The third-order valence-electron chi connectivity index (χ3n) is 13.5. The Kier molecular flexibility index (Phi) is 7.95. The van der Waals surface area contributed by atoms with Gasteiger partial charge in [0, 0.05) is 54.2 Å². The van der Waals surface area contributed by atoms with E-state index in [4.69, 9.17) is 13.3 Å². The molecule has 0 N–H and O–H groups in total. The summed E-state index contributed by atoms with van der Waals surface area (Å²) in [6.07, 6.45) is 0. The van der Waals surface area contributed by atoms with Gasteiger partial charge in [0.05, 0.1) is 11.4 Å². The number of hydrogen-bond acceptors (Lipinski definition) is 4. The first-order chi connectivity index (χ1) is 32.7. The molecule has 0 atom stereocenters. The molecule has 0 unspecified atom stereocenters. The van der Waals surface area contributed by atoms with Crippen molar-refractivity contribution in [2.45, 2.75) is 0 Å². The lowest BCUT2D eigenvalue weighted by molar-refractivity contribution is 0.669. The van der Waals surface area contributed by atoms with Gasteiger partial charge >= 0.3 is 0 Å². The highest BCUT2D eigenvalue weighted by Crippen LogP contribution is 2.48. The first-order valence-electron chi connectivity index (χ1n) is 22.4. The van der Waals surface area contributed by atoms with Crippen LogP contribution in [0, 0.1) is 0 Å². The maximum absolute atomic E-state index is 6.98. The quantitative estimate of drug-likeness (QED) is 0.167. The third kappa shape index (κ3) is 5.65. The minimum absolute atomic E-state index is 0.845. The van der Waals surface area contributed by atoms with Gasteiger partial charge in [-0.2, -0.15) is 0 Å². The van der Waals surface area contributed by atoms with Crippen molar-refractivity contribution in [2.75, 3.05) is 4.90 Å². The summed E-state index contributed by atoms with van der Waals surface area (Å²) in [6, 6.07) is 79.8. The third-order valence-corrected chi connectivity index (χ3v) is 13.5. The fourth-order valence-electron chi connectivity index (χ4n) is 10.3. The largest absolute Gasteiger partial charge is 0.456 e. The van der Waals surface area contributed by atoms with Gasteiger partial charge in [-0.3, -0.25) is 0 Å². The Bertz CT molecular complexity index is 4210. The van der Waals surface area contributed by atoms with Gasteiger partial charge < -0.3 is 18.2 Å². The Balaban J connectivity index is 0.953. The smallest absolute Gasteiger partial charge is 0.145 e. The molecule has 0 spiro atoms. The molecule has 0 bridgehead atoms. The van der Waals surface area contributed by atoms with Gasteiger partial charge in [-0.1, -0.05) is 152 Å². The molecule has 0 radical (unpaired) electrons. The van der Waals surface area contributed by atoms with Gasteiger partial charge in [-0.05, 0) is 112 Å². The van der Waals surface area contributed by atoms with E-state index in [-0.39, 0.29) is 0 Å². The molecule has 308 valence electrons. The maximum Gasteiger partial charge on any atom is 0.145 e. The van der Waals surface area contributed by atoms with Crippen LogP contribution in [-0.4, -0.2) is 0 Å². The fraction of sp³-hybridized carbons (Fsp3) is 0. The van der Waals surface area contributed by atoms with E-state index >= 15 is 0 Å². The van der Waals surface area contributed by atoms with Crippen molar-refractivity contribution >= 4 is 104 Å². The van der Waals surface area contributed by atoms with Crippen molar-refractivity contribution in [3.05, 3.63) is 224 Å². The second-order valence-corrected chi connectivity index (χ2v) is 17.2. The molecule has 14 aromatic rings. The van der Waals surface area contributed by atoms with E-state index in [1.165, 1.54) is 11.1 Å². The molecule has 66 heavy (non-hydrogen) atoms. The molecule has 0 saturated carbocycles. The topological polar surface area (TPSA) is 42.7 Å². The molecule has 4 heteroatoms. The Hall–Kier alpha value is -8.86. The van der Waals surface area contributed by atoms with Crippen LogP contribution in [0.3, 0.4) is 0 Å². The van der Waals surface area contributed by atoms with Crippen LogP contribution < -0.4 is 4.90 Å². The molecule has 4 nitrogen and oxygen atoms in total. The highest BCUT2D eigenvalue weighted by molar-refractivity contribution is 6.22. The summed E-state index contributed by atoms with van der Waals surface area (Å²) in [5.74, 6) is 0. The van der Waals surface area contributed by atoms with Crippen molar-refractivity contribution in [3.63, 3.8) is 0 Å². The number of hydrogen-bond donors (Lipinski definition) is 0. The van der Waals surface area contributed by atoms with Crippen molar-refractivity contribution in [3.8, 4) is 33.4 Å². The maximum atomic E-state index is 6.98. The van der Waals surface area contributed by atoms with Gasteiger partial charge in [0.25, 0.3) is 0 Å². The average Bonchev–Trinajstić information content (AvgIpc) is 4.08. The number of anilines is 3. The van der Waals surface area contributed by atoms with Crippen LogP contribution in [-0.2, 0) is 0 Å². The molecule has 3 heterocycles. The molecule has 0 amide bonds. The zero-order valence-corrected chi connectivity index (χ0v) is 35.5. The predicted molar refractivity (Wildman–Crippen MR) is 274 cm³/mol. The first kappa shape index (κ1) is 36.6. The number of fused-ring (bicyclic) bond motifs is 13. The minimum Gasteiger partial charge on any atom is -0.456 e. The lowest BCUT2D eigenvalue weighted by Crippen LogP contribution is -2.11. The van der Waals surface area contributed by atoms with Crippen LogP contribution in [0.15, 0.2) is 238 Å². The predicted octanol–water partition coefficient (Wildman–Crippen LogP) is 18.2. The number of benzene rings is 11. The number of para-hydroxylation sites is 2. The first-order valence-corrected chi connectivity index (χ1v) is 22.4. The minimum atomic E-state index is 0.845. The van der Waals surface area contributed by atoms with Gasteiger partial charge in [-0.25, -0.2) is 0 Å². The molecule has 0 aliphatic rings. The Morgan fingerprint density at radius 2 is 0.727 bits per heavy atom. The van der Waals surface area contributed by atoms with Gasteiger partial charge in [0.1, 0.15) is 33.5 Å². The average molecular weight is 844 g/mol. The summed E-state index contributed by atoms with van der Waals surface area (Å²) in [7, 11) is 0. The lowest BCUT2D eigenvalue weighted by Gasteiger charge is -2.28.